The Balaban J connectivity index is 2.44. The van der Waals surface area contributed by atoms with E-state index in [9.17, 15) is 4.79 Å². The summed E-state index contributed by atoms with van der Waals surface area (Å²) in [6.45, 7) is 6.34. The standard InChI is InChI=1S/C14H19NO/c1-4-11(3)15-13-7-5-10(2)9-12(13)6-8-14(15)16/h5,7,9,11H,4,6,8H2,1-3H3. The average Bonchev–Trinajstić information content (AvgIpc) is 2.28. The molecular formula is C14H19NO. The van der Waals surface area contributed by atoms with E-state index in [0.29, 0.717) is 12.5 Å². The zero-order chi connectivity index (χ0) is 11.7. The maximum atomic E-state index is 12.0. The van der Waals surface area contributed by atoms with Gasteiger partial charge in [0.25, 0.3) is 0 Å². The van der Waals surface area contributed by atoms with Crippen molar-refractivity contribution in [3.05, 3.63) is 29.3 Å². The zero-order valence-electron chi connectivity index (χ0n) is 10.3. The van der Waals surface area contributed by atoms with Gasteiger partial charge in [0, 0.05) is 18.2 Å². The number of hydrogen-bond donors (Lipinski definition) is 0. The molecule has 0 saturated carbocycles. The fourth-order valence-electron chi connectivity index (χ4n) is 2.31. The van der Waals surface area contributed by atoms with Crippen molar-refractivity contribution < 1.29 is 4.79 Å². The molecule has 1 aromatic rings. The highest BCUT2D eigenvalue weighted by atomic mass is 16.2. The van der Waals surface area contributed by atoms with E-state index in [1.165, 1.54) is 11.1 Å². The predicted molar refractivity (Wildman–Crippen MR) is 66.7 cm³/mol. The summed E-state index contributed by atoms with van der Waals surface area (Å²) in [5.74, 6) is 0.269. The van der Waals surface area contributed by atoms with Crippen molar-refractivity contribution in [2.24, 2.45) is 0 Å². The Labute approximate surface area is 97.3 Å². The van der Waals surface area contributed by atoms with E-state index in [4.69, 9.17) is 0 Å². The van der Waals surface area contributed by atoms with Crippen LogP contribution in [0.2, 0.25) is 0 Å². The van der Waals surface area contributed by atoms with Gasteiger partial charge in [0.05, 0.1) is 0 Å². The van der Waals surface area contributed by atoms with Crippen molar-refractivity contribution in [2.45, 2.75) is 46.1 Å². The molecule has 0 fully saturated rings. The van der Waals surface area contributed by atoms with Gasteiger partial charge in [0.1, 0.15) is 0 Å². The number of nitrogens with zero attached hydrogens (tertiary/aromatic N) is 1. The Morgan fingerprint density at radius 1 is 1.38 bits per heavy atom. The van der Waals surface area contributed by atoms with Crippen LogP contribution in [0.15, 0.2) is 18.2 Å². The summed E-state index contributed by atoms with van der Waals surface area (Å²) in [4.78, 5) is 13.9. The predicted octanol–water partition coefficient (Wildman–Crippen LogP) is 3.07. The molecule has 86 valence electrons. The fraction of sp³-hybridized carbons (Fsp3) is 0.500. The molecule has 1 aliphatic rings. The van der Waals surface area contributed by atoms with Gasteiger partial charge >= 0.3 is 0 Å². The van der Waals surface area contributed by atoms with Gasteiger partial charge in [-0.05, 0) is 38.3 Å². The smallest absolute Gasteiger partial charge is 0.227 e. The van der Waals surface area contributed by atoms with Gasteiger partial charge < -0.3 is 4.90 Å². The maximum absolute atomic E-state index is 12.0. The van der Waals surface area contributed by atoms with E-state index >= 15 is 0 Å². The van der Waals surface area contributed by atoms with E-state index < -0.39 is 0 Å². The number of carbonyl (C=O) groups is 1. The normalized spacial score (nSPS) is 17.2. The Hall–Kier alpha value is -1.31. The number of carbonyl (C=O) groups excluding carboxylic acids is 1. The summed E-state index contributed by atoms with van der Waals surface area (Å²) in [7, 11) is 0. The summed E-state index contributed by atoms with van der Waals surface area (Å²) >= 11 is 0. The lowest BCUT2D eigenvalue weighted by Crippen LogP contribution is -2.41. The largest absolute Gasteiger partial charge is 0.309 e. The number of benzene rings is 1. The number of fused-ring (bicyclic) bond motifs is 1. The van der Waals surface area contributed by atoms with Crippen LogP contribution in [-0.2, 0) is 11.2 Å². The first kappa shape index (κ1) is 11.2. The third-order valence-electron chi connectivity index (χ3n) is 3.40. The highest BCUT2D eigenvalue weighted by Gasteiger charge is 2.26. The molecule has 1 unspecified atom stereocenters. The number of amides is 1. The highest BCUT2D eigenvalue weighted by Crippen LogP contribution is 2.30. The number of anilines is 1. The SMILES string of the molecule is CCC(C)N1C(=O)CCc2cc(C)ccc21. The first-order valence-corrected chi connectivity index (χ1v) is 6.05. The van der Waals surface area contributed by atoms with Crippen LogP contribution in [0, 0.1) is 6.92 Å². The summed E-state index contributed by atoms with van der Waals surface area (Å²) in [5, 5.41) is 0. The van der Waals surface area contributed by atoms with Crippen LogP contribution < -0.4 is 4.90 Å². The number of hydrogen-bond acceptors (Lipinski definition) is 1. The zero-order valence-corrected chi connectivity index (χ0v) is 10.3. The third-order valence-corrected chi connectivity index (χ3v) is 3.40. The minimum absolute atomic E-state index is 0.269. The van der Waals surface area contributed by atoms with Gasteiger partial charge in [0.15, 0.2) is 0 Å². The molecule has 0 N–H and O–H groups in total. The summed E-state index contributed by atoms with van der Waals surface area (Å²) in [6.07, 6.45) is 2.54. The Morgan fingerprint density at radius 2 is 2.12 bits per heavy atom. The van der Waals surface area contributed by atoms with Crippen molar-refractivity contribution in [3.8, 4) is 0 Å². The van der Waals surface area contributed by atoms with Crippen LogP contribution >= 0.6 is 0 Å². The molecular weight excluding hydrogens is 198 g/mol. The van der Waals surface area contributed by atoms with E-state index in [0.717, 1.165) is 18.5 Å². The monoisotopic (exact) mass is 217 g/mol. The molecule has 0 aromatic heterocycles. The van der Waals surface area contributed by atoms with Crippen LogP contribution in [0.25, 0.3) is 0 Å². The van der Waals surface area contributed by atoms with Crippen LogP contribution in [-0.4, -0.2) is 11.9 Å². The molecule has 0 saturated heterocycles. The quantitative estimate of drug-likeness (QED) is 0.745. The van der Waals surface area contributed by atoms with Crippen LogP contribution in [0.3, 0.4) is 0 Å². The molecule has 2 heteroatoms. The summed E-state index contributed by atoms with van der Waals surface area (Å²) < 4.78 is 0. The van der Waals surface area contributed by atoms with Gasteiger partial charge in [-0.2, -0.15) is 0 Å². The molecule has 1 atom stereocenters. The lowest BCUT2D eigenvalue weighted by Gasteiger charge is -2.34. The van der Waals surface area contributed by atoms with E-state index in [1.807, 2.05) is 4.90 Å². The summed E-state index contributed by atoms with van der Waals surface area (Å²) in [6, 6.07) is 6.69. The van der Waals surface area contributed by atoms with Crippen molar-refractivity contribution in [2.75, 3.05) is 4.90 Å². The molecule has 2 nitrogen and oxygen atoms in total. The van der Waals surface area contributed by atoms with Gasteiger partial charge in [-0.25, -0.2) is 0 Å². The second-order valence-corrected chi connectivity index (χ2v) is 4.65. The lowest BCUT2D eigenvalue weighted by atomic mass is 9.97. The van der Waals surface area contributed by atoms with Crippen molar-refractivity contribution in [1.82, 2.24) is 0 Å². The molecule has 0 radical (unpaired) electrons. The fourth-order valence-corrected chi connectivity index (χ4v) is 2.31. The highest BCUT2D eigenvalue weighted by molar-refractivity contribution is 5.96. The average molecular weight is 217 g/mol. The second kappa shape index (κ2) is 4.28. The Morgan fingerprint density at radius 3 is 2.81 bits per heavy atom. The van der Waals surface area contributed by atoms with Gasteiger partial charge in [0.2, 0.25) is 5.91 Å². The Kier molecular flexibility index (Phi) is 2.99. The number of aryl methyl sites for hydroxylation is 2. The molecule has 1 amide bonds. The molecule has 1 aliphatic heterocycles. The van der Waals surface area contributed by atoms with Crippen molar-refractivity contribution in [1.29, 1.82) is 0 Å². The molecule has 1 aromatic carbocycles. The topological polar surface area (TPSA) is 20.3 Å². The minimum Gasteiger partial charge on any atom is -0.309 e. The van der Waals surface area contributed by atoms with Gasteiger partial charge in [-0.3, -0.25) is 4.79 Å². The molecule has 2 rings (SSSR count). The van der Waals surface area contributed by atoms with Crippen LogP contribution in [0.4, 0.5) is 5.69 Å². The molecule has 0 spiro atoms. The lowest BCUT2D eigenvalue weighted by molar-refractivity contribution is -0.119. The minimum atomic E-state index is 0.269. The second-order valence-electron chi connectivity index (χ2n) is 4.65. The van der Waals surface area contributed by atoms with Crippen molar-refractivity contribution >= 4 is 11.6 Å². The van der Waals surface area contributed by atoms with Crippen molar-refractivity contribution in [3.63, 3.8) is 0 Å². The molecule has 0 aliphatic carbocycles. The molecule has 0 bridgehead atoms. The Bertz CT molecular complexity index is 411. The van der Waals surface area contributed by atoms with E-state index in [1.54, 1.807) is 0 Å². The number of rotatable bonds is 2. The first-order valence-electron chi connectivity index (χ1n) is 6.05. The maximum Gasteiger partial charge on any atom is 0.227 e. The van der Waals surface area contributed by atoms with Crippen LogP contribution in [0.1, 0.15) is 37.8 Å². The van der Waals surface area contributed by atoms with Gasteiger partial charge in [-0.15, -0.1) is 0 Å². The third kappa shape index (κ3) is 1.84. The molecule has 16 heavy (non-hydrogen) atoms. The molecule has 1 heterocycles. The first-order chi connectivity index (χ1) is 7.63. The van der Waals surface area contributed by atoms with E-state index in [2.05, 4.69) is 39.0 Å². The summed E-state index contributed by atoms with van der Waals surface area (Å²) in [5.41, 5.74) is 3.72. The van der Waals surface area contributed by atoms with Gasteiger partial charge in [-0.1, -0.05) is 24.6 Å². The van der Waals surface area contributed by atoms with Crippen LogP contribution in [0.5, 0.6) is 0 Å². The van der Waals surface area contributed by atoms with E-state index in [-0.39, 0.29) is 5.91 Å².